The lowest BCUT2D eigenvalue weighted by molar-refractivity contribution is -0.147. The lowest BCUT2D eigenvalue weighted by Gasteiger charge is -2.30. The van der Waals surface area contributed by atoms with E-state index in [9.17, 15) is 14.7 Å². The molecule has 1 aromatic carbocycles. The summed E-state index contributed by atoms with van der Waals surface area (Å²) < 4.78 is 6.87. The van der Waals surface area contributed by atoms with Gasteiger partial charge in [0.05, 0.1) is 7.11 Å². The van der Waals surface area contributed by atoms with E-state index in [0.29, 0.717) is 11.4 Å². The molecule has 2 aromatic rings. The topological polar surface area (TPSA) is 84.7 Å². The van der Waals surface area contributed by atoms with Gasteiger partial charge in [0.25, 0.3) is 5.91 Å². The van der Waals surface area contributed by atoms with Gasteiger partial charge < -0.3 is 14.7 Å². The Hall–Kier alpha value is -2.83. The standard InChI is InChI=1S/C17H21N3O4/c1-11-6-7-14(24-5)13(10-11)20-9-8-12(18-20)15(21)19(4)17(2,3)16(22)23/h6-10H,1-5H3,(H,22,23). The molecule has 2 rings (SSSR count). The molecule has 0 unspecified atom stereocenters. The Labute approximate surface area is 140 Å². The van der Waals surface area contributed by atoms with Gasteiger partial charge in [0.2, 0.25) is 0 Å². The molecule has 7 nitrogen and oxygen atoms in total. The first-order chi connectivity index (χ1) is 11.2. The number of likely N-dealkylation sites (N-methyl/N-ethyl adjacent to an activating group) is 1. The van der Waals surface area contributed by atoms with Crippen LogP contribution >= 0.6 is 0 Å². The predicted molar refractivity (Wildman–Crippen MR) is 88.7 cm³/mol. The number of aliphatic carboxylic acids is 1. The van der Waals surface area contributed by atoms with E-state index < -0.39 is 17.4 Å². The van der Waals surface area contributed by atoms with Crippen molar-refractivity contribution in [3.63, 3.8) is 0 Å². The first-order valence-electron chi connectivity index (χ1n) is 7.40. The maximum absolute atomic E-state index is 12.5. The fraction of sp³-hybridized carbons (Fsp3) is 0.353. The van der Waals surface area contributed by atoms with Crippen molar-refractivity contribution in [3.8, 4) is 11.4 Å². The molecule has 128 valence electrons. The normalized spacial score (nSPS) is 11.2. The minimum absolute atomic E-state index is 0.162. The number of amides is 1. The SMILES string of the molecule is COc1ccc(C)cc1-n1ccc(C(=O)N(C)C(C)(C)C(=O)O)n1. The number of carboxylic acid groups (broad SMARTS) is 1. The van der Waals surface area contributed by atoms with Crippen molar-refractivity contribution in [1.82, 2.24) is 14.7 Å². The molecule has 1 aromatic heterocycles. The number of hydrogen-bond acceptors (Lipinski definition) is 4. The number of carbonyl (C=O) groups excluding carboxylic acids is 1. The third-order valence-corrected chi connectivity index (χ3v) is 4.06. The second kappa shape index (κ2) is 6.35. The van der Waals surface area contributed by atoms with Gasteiger partial charge in [0.1, 0.15) is 17.0 Å². The fourth-order valence-electron chi connectivity index (χ4n) is 2.12. The zero-order valence-corrected chi connectivity index (χ0v) is 14.4. The second-order valence-electron chi connectivity index (χ2n) is 6.05. The van der Waals surface area contributed by atoms with Gasteiger partial charge in [0, 0.05) is 13.2 Å². The second-order valence-corrected chi connectivity index (χ2v) is 6.05. The number of benzene rings is 1. The van der Waals surface area contributed by atoms with Gasteiger partial charge in [-0.05, 0) is 44.5 Å². The number of rotatable bonds is 5. The Bertz CT molecular complexity index is 780. The van der Waals surface area contributed by atoms with Crippen LogP contribution in [0.15, 0.2) is 30.5 Å². The Morgan fingerprint density at radius 1 is 1.29 bits per heavy atom. The predicted octanol–water partition coefficient (Wildman–Crippen LogP) is 2.12. The van der Waals surface area contributed by atoms with Crippen LogP contribution in [0.4, 0.5) is 0 Å². The molecule has 0 fully saturated rings. The average molecular weight is 331 g/mol. The zero-order chi connectivity index (χ0) is 18.1. The molecule has 0 bridgehead atoms. The molecule has 24 heavy (non-hydrogen) atoms. The minimum Gasteiger partial charge on any atom is -0.494 e. The summed E-state index contributed by atoms with van der Waals surface area (Å²) in [4.78, 5) is 25.0. The molecule has 0 aliphatic carbocycles. The highest BCUT2D eigenvalue weighted by Crippen LogP contribution is 2.24. The van der Waals surface area contributed by atoms with Crippen molar-refractivity contribution in [2.75, 3.05) is 14.2 Å². The molecular formula is C17H21N3O4. The number of ether oxygens (including phenoxy) is 1. The first kappa shape index (κ1) is 17.5. The van der Waals surface area contributed by atoms with Gasteiger partial charge in [-0.25, -0.2) is 9.48 Å². The van der Waals surface area contributed by atoms with Crippen LogP contribution in [0.3, 0.4) is 0 Å². The van der Waals surface area contributed by atoms with E-state index in [-0.39, 0.29) is 5.69 Å². The molecule has 0 radical (unpaired) electrons. The molecule has 0 saturated carbocycles. The fourth-order valence-corrected chi connectivity index (χ4v) is 2.12. The molecule has 0 atom stereocenters. The Balaban J connectivity index is 2.36. The summed E-state index contributed by atoms with van der Waals surface area (Å²) in [5.74, 6) is -0.923. The Morgan fingerprint density at radius 3 is 2.54 bits per heavy atom. The van der Waals surface area contributed by atoms with Crippen molar-refractivity contribution in [3.05, 3.63) is 41.7 Å². The molecule has 0 spiro atoms. The van der Waals surface area contributed by atoms with E-state index in [4.69, 9.17) is 4.74 Å². The Kier molecular flexibility index (Phi) is 4.64. The van der Waals surface area contributed by atoms with E-state index in [1.165, 1.54) is 20.9 Å². The van der Waals surface area contributed by atoms with Crippen LogP contribution in [0.2, 0.25) is 0 Å². The highest BCUT2D eigenvalue weighted by Gasteiger charge is 2.36. The van der Waals surface area contributed by atoms with Gasteiger partial charge in [-0.1, -0.05) is 6.07 Å². The molecule has 0 saturated heterocycles. The van der Waals surface area contributed by atoms with Crippen molar-refractivity contribution in [2.45, 2.75) is 26.3 Å². The number of carbonyl (C=O) groups is 2. The number of nitrogens with zero attached hydrogens (tertiary/aromatic N) is 3. The number of aryl methyl sites for hydroxylation is 1. The summed E-state index contributed by atoms with van der Waals surface area (Å²) >= 11 is 0. The van der Waals surface area contributed by atoms with Crippen molar-refractivity contribution < 1.29 is 19.4 Å². The van der Waals surface area contributed by atoms with Crippen LogP contribution in [0.1, 0.15) is 29.9 Å². The van der Waals surface area contributed by atoms with Gasteiger partial charge in [-0.2, -0.15) is 5.10 Å². The van der Waals surface area contributed by atoms with Crippen LogP contribution < -0.4 is 4.74 Å². The monoisotopic (exact) mass is 331 g/mol. The van der Waals surface area contributed by atoms with E-state index in [0.717, 1.165) is 10.5 Å². The Morgan fingerprint density at radius 2 is 1.96 bits per heavy atom. The third-order valence-electron chi connectivity index (χ3n) is 4.06. The zero-order valence-electron chi connectivity index (χ0n) is 14.4. The number of aromatic nitrogens is 2. The van der Waals surface area contributed by atoms with Gasteiger partial charge in [-0.3, -0.25) is 4.79 Å². The van der Waals surface area contributed by atoms with E-state index in [1.807, 2.05) is 25.1 Å². The lowest BCUT2D eigenvalue weighted by atomic mass is 10.0. The summed E-state index contributed by atoms with van der Waals surface area (Å²) in [6.45, 7) is 4.88. The van der Waals surface area contributed by atoms with E-state index in [2.05, 4.69) is 5.10 Å². The summed E-state index contributed by atoms with van der Waals surface area (Å²) in [6, 6.07) is 7.19. The summed E-state index contributed by atoms with van der Waals surface area (Å²) in [5.41, 5.74) is 0.562. The number of hydrogen-bond donors (Lipinski definition) is 1. The molecule has 1 heterocycles. The van der Waals surface area contributed by atoms with Crippen LogP contribution in [-0.2, 0) is 4.79 Å². The molecule has 0 aliphatic heterocycles. The number of carboxylic acids is 1. The van der Waals surface area contributed by atoms with Crippen molar-refractivity contribution in [2.24, 2.45) is 0 Å². The summed E-state index contributed by atoms with van der Waals surface area (Å²) in [5, 5.41) is 13.5. The van der Waals surface area contributed by atoms with E-state index >= 15 is 0 Å². The molecule has 1 amide bonds. The van der Waals surface area contributed by atoms with Crippen LogP contribution in [0.5, 0.6) is 5.75 Å². The molecule has 0 aliphatic rings. The average Bonchev–Trinajstić information content (AvgIpc) is 3.02. The maximum Gasteiger partial charge on any atom is 0.329 e. The highest BCUT2D eigenvalue weighted by atomic mass is 16.5. The molecule has 1 N–H and O–H groups in total. The summed E-state index contributed by atoms with van der Waals surface area (Å²) in [7, 11) is 3.01. The third kappa shape index (κ3) is 3.10. The van der Waals surface area contributed by atoms with Crippen LogP contribution in [0.25, 0.3) is 5.69 Å². The van der Waals surface area contributed by atoms with Crippen LogP contribution in [-0.4, -0.2) is 51.4 Å². The molecule has 7 heteroatoms. The van der Waals surface area contributed by atoms with Crippen molar-refractivity contribution in [1.29, 1.82) is 0 Å². The maximum atomic E-state index is 12.5. The van der Waals surface area contributed by atoms with E-state index in [1.54, 1.807) is 24.1 Å². The number of methoxy groups -OCH3 is 1. The van der Waals surface area contributed by atoms with Gasteiger partial charge in [-0.15, -0.1) is 0 Å². The largest absolute Gasteiger partial charge is 0.494 e. The van der Waals surface area contributed by atoms with Crippen LogP contribution in [0, 0.1) is 6.92 Å². The first-order valence-corrected chi connectivity index (χ1v) is 7.40. The minimum atomic E-state index is -1.33. The van der Waals surface area contributed by atoms with Crippen molar-refractivity contribution >= 4 is 11.9 Å². The quantitative estimate of drug-likeness (QED) is 0.907. The van der Waals surface area contributed by atoms with Gasteiger partial charge in [0.15, 0.2) is 5.69 Å². The highest BCUT2D eigenvalue weighted by molar-refractivity contribution is 5.96. The van der Waals surface area contributed by atoms with Gasteiger partial charge >= 0.3 is 5.97 Å². The smallest absolute Gasteiger partial charge is 0.329 e. The lowest BCUT2D eigenvalue weighted by Crippen LogP contribution is -2.50. The summed E-state index contributed by atoms with van der Waals surface area (Å²) in [6.07, 6.45) is 1.64. The molecular weight excluding hydrogens is 310 g/mol.